The number of hydrogen-bond acceptors (Lipinski definition) is 4. The minimum Gasteiger partial charge on any atom is -0.368 e. The molecule has 0 saturated heterocycles. The van der Waals surface area contributed by atoms with Gasteiger partial charge in [-0.05, 0) is 30.5 Å². The van der Waals surface area contributed by atoms with Crippen LogP contribution < -0.4 is 5.73 Å². The van der Waals surface area contributed by atoms with Crippen LogP contribution in [-0.4, -0.2) is 21.0 Å². The SMILES string of the molecule is CSc1nc(N)n(-c2ccc(F)cc2)n1. The molecule has 4 nitrogen and oxygen atoms in total. The van der Waals surface area contributed by atoms with Gasteiger partial charge in [0.1, 0.15) is 5.82 Å². The van der Waals surface area contributed by atoms with Crippen molar-refractivity contribution in [2.75, 3.05) is 12.0 Å². The Balaban J connectivity index is 2.44. The molecule has 2 rings (SSSR count). The summed E-state index contributed by atoms with van der Waals surface area (Å²) in [7, 11) is 0. The van der Waals surface area contributed by atoms with Crippen molar-refractivity contribution < 1.29 is 4.39 Å². The second-order valence-electron chi connectivity index (χ2n) is 2.84. The zero-order valence-corrected chi connectivity index (χ0v) is 8.83. The standard InChI is InChI=1S/C9H9FN4S/c1-15-9-12-8(11)14(13-9)7-4-2-6(10)3-5-7/h2-5H,1H3,(H2,11,12,13). The van der Waals surface area contributed by atoms with Crippen LogP contribution in [0.3, 0.4) is 0 Å². The van der Waals surface area contributed by atoms with Crippen molar-refractivity contribution in [3.63, 3.8) is 0 Å². The van der Waals surface area contributed by atoms with Gasteiger partial charge in [-0.3, -0.25) is 0 Å². The van der Waals surface area contributed by atoms with Gasteiger partial charge in [-0.25, -0.2) is 4.39 Å². The summed E-state index contributed by atoms with van der Waals surface area (Å²) in [6.45, 7) is 0. The first-order valence-electron chi connectivity index (χ1n) is 4.23. The van der Waals surface area contributed by atoms with E-state index in [1.807, 2.05) is 6.26 Å². The van der Waals surface area contributed by atoms with Crippen LogP contribution in [0.4, 0.5) is 10.3 Å². The number of nitrogens with two attached hydrogens (primary N) is 1. The van der Waals surface area contributed by atoms with Crippen LogP contribution >= 0.6 is 11.8 Å². The molecule has 0 radical (unpaired) electrons. The van der Waals surface area contributed by atoms with Crippen molar-refractivity contribution in [1.82, 2.24) is 14.8 Å². The van der Waals surface area contributed by atoms with Crippen LogP contribution in [0.25, 0.3) is 5.69 Å². The fraction of sp³-hybridized carbons (Fsp3) is 0.111. The van der Waals surface area contributed by atoms with E-state index in [-0.39, 0.29) is 5.82 Å². The van der Waals surface area contributed by atoms with Crippen molar-refractivity contribution in [2.24, 2.45) is 0 Å². The number of benzene rings is 1. The highest BCUT2D eigenvalue weighted by Gasteiger charge is 2.07. The number of thioether (sulfide) groups is 1. The van der Waals surface area contributed by atoms with Crippen LogP contribution in [0.5, 0.6) is 0 Å². The second-order valence-corrected chi connectivity index (χ2v) is 3.62. The Hall–Kier alpha value is -1.56. The van der Waals surface area contributed by atoms with Crippen LogP contribution in [-0.2, 0) is 0 Å². The number of anilines is 1. The molecule has 0 saturated carbocycles. The Bertz CT molecular complexity index is 465. The first-order valence-corrected chi connectivity index (χ1v) is 5.45. The normalized spacial score (nSPS) is 10.5. The minimum absolute atomic E-state index is 0.289. The van der Waals surface area contributed by atoms with Gasteiger partial charge in [-0.2, -0.15) is 9.67 Å². The summed E-state index contributed by atoms with van der Waals surface area (Å²) in [5, 5.41) is 4.74. The van der Waals surface area contributed by atoms with Gasteiger partial charge in [0.05, 0.1) is 5.69 Å². The van der Waals surface area contributed by atoms with Crippen molar-refractivity contribution in [2.45, 2.75) is 5.16 Å². The molecule has 0 fully saturated rings. The number of aromatic nitrogens is 3. The highest BCUT2D eigenvalue weighted by Crippen LogP contribution is 2.16. The van der Waals surface area contributed by atoms with Crippen molar-refractivity contribution in [1.29, 1.82) is 0 Å². The Labute approximate surface area is 90.3 Å². The Morgan fingerprint density at radius 1 is 1.33 bits per heavy atom. The first-order chi connectivity index (χ1) is 7.20. The van der Waals surface area contributed by atoms with Crippen LogP contribution in [0.1, 0.15) is 0 Å². The molecule has 1 aromatic heterocycles. The van der Waals surface area contributed by atoms with E-state index >= 15 is 0 Å². The lowest BCUT2D eigenvalue weighted by Gasteiger charge is -2.00. The largest absolute Gasteiger partial charge is 0.368 e. The van der Waals surface area contributed by atoms with Gasteiger partial charge < -0.3 is 5.73 Å². The molecule has 0 spiro atoms. The number of halogens is 1. The van der Waals surface area contributed by atoms with Gasteiger partial charge in [-0.15, -0.1) is 5.10 Å². The monoisotopic (exact) mass is 224 g/mol. The van der Waals surface area contributed by atoms with Crippen molar-refractivity contribution >= 4 is 17.7 Å². The van der Waals surface area contributed by atoms with Gasteiger partial charge >= 0.3 is 0 Å². The topological polar surface area (TPSA) is 56.7 Å². The third kappa shape index (κ3) is 1.94. The average Bonchev–Trinajstić information content (AvgIpc) is 2.61. The third-order valence-electron chi connectivity index (χ3n) is 1.87. The van der Waals surface area contributed by atoms with Gasteiger partial charge in [-0.1, -0.05) is 11.8 Å². The summed E-state index contributed by atoms with van der Waals surface area (Å²) in [6.07, 6.45) is 1.86. The highest BCUT2D eigenvalue weighted by atomic mass is 32.2. The molecule has 0 bridgehead atoms. The molecule has 0 atom stereocenters. The molecule has 2 aromatic rings. The van der Waals surface area contributed by atoms with Gasteiger partial charge in [0.15, 0.2) is 0 Å². The maximum Gasteiger partial charge on any atom is 0.224 e. The predicted molar refractivity (Wildman–Crippen MR) is 57.5 cm³/mol. The lowest BCUT2D eigenvalue weighted by Crippen LogP contribution is -2.02. The van der Waals surface area contributed by atoms with Crippen molar-refractivity contribution in [3.8, 4) is 5.69 Å². The quantitative estimate of drug-likeness (QED) is 0.789. The smallest absolute Gasteiger partial charge is 0.224 e. The summed E-state index contributed by atoms with van der Waals surface area (Å²) >= 11 is 1.40. The third-order valence-corrected chi connectivity index (χ3v) is 2.40. The summed E-state index contributed by atoms with van der Waals surface area (Å²) < 4.78 is 14.2. The van der Waals surface area contributed by atoms with E-state index < -0.39 is 0 Å². The molecule has 6 heteroatoms. The van der Waals surface area contributed by atoms with E-state index in [9.17, 15) is 4.39 Å². The molecule has 2 N–H and O–H groups in total. The lowest BCUT2D eigenvalue weighted by atomic mass is 10.3. The molecule has 0 aliphatic carbocycles. The summed E-state index contributed by atoms with van der Waals surface area (Å²) in [5.74, 6) is 0.00786. The van der Waals surface area contributed by atoms with Crippen LogP contribution in [0, 0.1) is 5.82 Å². The first kappa shape index (κ1) is 9.97. The summed E-state index contributed by atoms with van der Waals surface area (Å²) in [5.41, 5.74) is 6.37. The molecule has 1 heterocycles. The van der Waals surface area contributed by atoms with Crippen LogP contribution in [0.2, 0.25) is 0 Å². The van der Waals surface area contributed by atoms with Crippen molar-refractivity contribution in [3.05, 3.63) is 30.1 Å². The highest BCUT2D eigenvalue weighted by molar-refractivity contribution is 7.98. The number of nitrogen functional groups attached to an aromatic ring is 1. The molecular weight excluding hydrogens is 215 g/mol. The summed E-state index contributed by atoms with van der Waals surface area (Å²) in [4.78, 5) is 4.03. The number of hydrogen-bond donors (Lipinski definition) is 1. The van der Waals surface area contributed by atoms with Gasteiger partial charge in [0, 0.05) is 0 Å². The van der Waals surface area contributed by atoms with Gasteiger partial charge in [0.2, 0.25) is 11.1 Å². The molecule has 0 aliphatic heterocycles. The minimum atomic E-state index is -0.289. The van der Waals surface area contributed by atoms with E-state index in [2.05, 4.69) is 10.1 Å². The predicted octanol–water partition coefficient (Wildman–Crippen LogP) is 1.71. The Kier molecular flexibility index (Phi) is 2.59. The molecular formula is C9H9FN4S. The molecule has 0 amide bonds. The van der Waals surface area contributed by atoms with E-state index in [0.717, 1.165) is 0 Å². The molecule has 78 valence electrons. The Morgan fingerprint density at radius 2 is 2.00 bits per heavy atom. The number of nitrogens with zero attached hydrogens (tertiary/aromatic N) is 3. The van der Waals surface area contributed by atoms with Crippen LogP contribution in [0.15, 0.2) is 29.4 Å². The molecule has 1 aromatic carbocycles. The lowest BCUT2D eigenvalue weighted by molar-refractivity contribution is 0.627. The molecule has 0 unspecified atom stereocenters. The van der Waals surface area contributed by atoms with Gasteiger partial charge in [0.25, 0.3) is 0 Å². The average molecular weight is 224 g/mol. The van der Waals surface area contributed by atoms with E-state index in [1.54, 1.807) is 12.1 Å². The maximum atomic E-state index is 12.7. The molecule has 15 heavy (non-hydrogen) atoms. The zero-order valence-electron chi connectivity index (χ0n) is 8.01. The van der Waals surface area contributed by atoms with E-state index in [1.165, 1.54) is 28.6 Å². The molecule has 0 aliphatic rings. The van der Waals surface area contributed by atoms with E-state index in [4.69, 9.17) is 5.73 Å². The second kappa shape index (κ2) is 3.90. The fourth-order valence-electron chi connectivity index (χ4n) is 1.16. The Morgan fingerprint density at radius 3 is 2.53 bits per heavy atom. The zero-order chi connectivity index (χ0) is 10.8. The van der Waals surface area contributed by atoms with E-state index in [0.29, 0.717) is 16.8 Å². The maximum absolute atomic E-state index is 12.7. The summed E-state index contributed by atoms with van der Waals surface area (Å²) in [6, 6.07) is 5.92. The number of rotatable bonds is 2. The fourth-order valence-corrected chi connectivity index (χ4v) is 1.51.